The van der Waals surface area contributed by atoms with E-state index in [0.29, 0.717) is 5.69 Å². The number of hydrogen-bond acceptors (Lipinski definition) is 4. The van der Waals surface area contributed by atoms with E-state index in [1.54, 1.807) is 5.38 Å². The van der Waals surface area contributed by atoms with Crippen molar-refractivity contribution in [3.63, 3.8) is 0 Å². The molecule has 0 aromatic carbocycles. The van der Waals surface area contributed by atoms with Gasteiger partial charge in [-0.1, -0.05) is 25.7 Å². The molecule has 1 aliphatic rings. The lowest BCUT2D eigenvalue weighted by molar-refractivity contribution is 0.0948. The second kappa shape index (κ2) is 7.01. The third-order valence-electron chi connectivity index (χ3n) is 3.69. The Hall–Kier alpha value is -0.940. The zero-order valence-corrected chi connectivity index (χ0v) is 12.3. The Labute approximate surface area is 118 Å². The van der Waals surface area contributed by atoms with E-state index in [0.717, 1.165) is 23.9 Å². The van der Waals surface area contributed by atoms with Crippen LogP contribution < -0.4 is 11.1 Å². The van der Waals surface area contributed by atoms with Crippen molar-refractivity contribution < 1.29 is 4.79 Å². The molecule has 0 radical (unpaired) electrons. The van der Waals surface area contributed by atoms with Crippen molar-refractivity contribution in [2.45, 2.75) is 51.5 Å². The number of aromatic nitrogens is 1. The molecule has 1 aromatic rings. The van der Waals surface area contributed by atoms with E-state index in [9.17, 15) is 4.79 Å². The van der Waals surface area contributed by atoms with Crippen LogP contribution in [0.25, 0.3) is 0 Å². The fraction of sp³-hybridized carbons (Fsp3) is 0.714. The van der Waals surface area contributed by atoms with Crippen molar-refractivity contribution in [1.29, 1.82) is 0 Å². The van der Waals surface area contributed by atoms with Crippen molar-refractivity contribution in [3.8, 4) is 0 Å². The lowest BCUT2D eigenvalue weighted by Crippen LogP contribution is -2.25. The maximum atomic E-state index is 11.9. The monoisotopic (exact) mass is 281 g/mol. The molecule has 1 heterocycles. The highest BCUT2D eigenvalue weighted by Crippen LogP contribution is 2.28. The predicted molar refractivity (Wildman–Crippen MR) is 78.2 cm³/mol. The van der Waals surface area contributed by atoms with Gasteiger partial charge in [0.1, 0.15) is 10.7 Å². The highest BCUT2D eigenvalue weighted by atomic mass is 32.1. The summed E-state index contributed by atoms with van der Waals surface area (Å²) in [4.78, 5) is 16.1. The standard InChI is InChI=1S/C14H23N3OS/c1-10(15)14-17-12(9-19-14)13(18)16-8-4-7-11-5-2-3-6-11/h9-11H,2-8,15H2,1H3,(H,16,18). The van der Waals surface area contributed by atoms with E-state index in [4.69, 9.17) is 5.73 Å². The zero-order chi connectivity index (χ0) is 13.7. The van der Waals surface area contributed by atoms with Crippen LogP contribution in [-0.4, -0.2) is 17.4 Å². The maximum Gasteiger partial charge on any atom is 0.270 e. The number of thiazole rings is 1. The van der Waals surface area contributed by atoms with E-state index in [-0.39, 0.29) is 11.9 Å². The molecule has 1 fully saturated rings. The van der Waals surface area contributed by atoms with Gasteiger partial charge >= 0.3 is 0 Å². The summed E-state index contributed by atoms with van der Waals surface area (Å²) in [5, 5.41) is 5.54. The van der Waals surface area contributed by atoms with Gasteiger partial charge in [-0.3, -0.25) is 4.79 Å². The average molecular weight is 281 g/mol. The van der Waals surface area contributed by atoms with Gasteiger partial charge in [-0.05, 0) is 25.7 Å². The molecule has 0 spiro atoms. The van der Waals surface area contributed by atoms with Gasteiger partial charge in [0.25, 0.3) is 5.91 Å². The van der Waals surface area contributed by atoms with Crippen LogP contribution in [0.2, 0.25) is 0 Å². The number of amides is 1. The largest absolute Gasteiger partial charge is 0.351 e. The van der Waals surface area contributed by atoms with Crippen LogP contribution >= 0.6 is 11.3 Å². The fourth-order valence-corrected chi connectivity index (χ4v) is 3.34. The first kappa shape index (κ1) is 14.5. The maximum absolute atomic E-state index is 11.9. The molecule has 2 rings (SSSR count). The van der Waals surface area contributed by atoms with Crippen LogP contribution in [0, 0.1) is 5.92 Å². The van der Waals surface area contributed by atoms with Gasteiger partial charge in [0.2, 0.25) is 0 Å². The van der Waals surface area contributed by atoms with Gasteiger partial charge in [-0.15, -0.1) is 11.3 Å². The van der Waals surface area contributed by atoms with Crippen LogP contribution in [0.3, 0.4) is 0 Å². The molecule has 0 aliphatic heterocycles. The molecule has 0 bridgehead atoms. The number of carbonyl (C=O) groups is 1. The highest BCUT2D eigenvalue weighted by molar-refractivity contribution is 7.09. The summed E-state index contributed by atoms with van der Waals surface area (Å²) in [6.07, 6.45) is 7.82. The topological polar surface area (TPSA) is 68.0 Å². The Morgan fingerprint density at radius 2 is 2.32 bits per heavy atom. The number of hydrogen-bond donors (Lipinski definition) is 2. The van der Waals surface area contributed by atoms with Gasteiger partial charge in [-0.2, -0.15) is 0 Å². The minimum absolute atomic E-state index is 0.0745. The van der Waals surface area contributed by atoms with Crippen LogP contribution in [0.5, 0.6) is 0 Å². The van der Waals surface area contributed by atoms with Gasteiger partial charge in [0.05, 0.1) is 6.04 Å². The second-order valence-corrected chi connectivity index (χ2v) is 6.30. The SMILES string of the molecule is CC(N)c1nc(C(=O)NCCCC2CCCC2)cs1. The minimum atomic E-state index is -0.103. The molecule has 1 saturated carbocycles. The van der Waals surface area contributed by atoms with Crippen LogP contribution in [0.1, 0.15) is 67.0 Å². The van der Waals surface area contributed by atoms with Crippen molar-refractivity contribution in [1.82, 2.24) is 10.3 Å². The highest BCUT2D eigenvalue weighted by Gasteiger charge is 2.15. The molecule has 1 aromatic heterocycles. The van der Waals surface area contributed by atoms with E-state index >= 15 is 0 Å². The van der Waals surface area contributed by atoms with Crippen LogP contribution in [0.4, 0.5) is 0 Å². The summed E-state index contributed by atoms with van der Waals surface area (Å²) in [7, 11) is 0. The summed E-state index contributed by atoms with van der Waals surface area (Å²) < 4.78 is 0. The van der Waals surface area contributed by atoms with Crippen LogP contribution in [0.15, 0.2) is 5.38 Å². The summed E-state index contributed by atoms with van der Waals surface area (Å²) in [5.74, 6) is 0.815. The summed E-state index contributed by atoms with van der Waals surface area (Å²) in [6.45, 7) is 2.63. The molecule has 1 unspecified atom stereocenters. The van der Waals surface area contributed by atoms with Gasteiger partial charge in [0.15, 0.2) is 0 Å². The van der Waals surface area contributed by atoms with Crippen molar-refractivity contribution in [3.05, 3.63) is 16.1 Å². The number of carbonyl (C=O) groups excluding carboxylic acids is 1. The Morgan fingerprint density at radius 3 is 2.95 bits per heavy atom. The summed E-state index contributed by atoms with van der Waals surface area (Å²) >= 11 is 1.45. The Morgan fingerprint density at radius 1 is 1.58 bits per heavy atom. The average Bonchev–Trinajstić information content (AvgIpc) is 3.05. The Kier molecular flexibility index (Phi) is 5.34. The number of nitrogens with two attached hydrogens (primary N) is 1. The fourth-order valence-electron chi connectivity index (χ4n) is 2.58. The van der Waals surface area contributed by atoms with E-state index in [1.165, 1.54) is 43.4 Å². The predicted octanol–water partition coefficient (Wildman–Crippen LogP) is 2.86. The van der Waals surface area contributed by atoms with Crippen LogP contribution in [-0.2, 0) is 0 Å². The summed E-state index contributed by atoms with van der Waals surface area (Å²) in [5.41, 5.74) is 6.23. The molecule has 19 heavy (non-hydrogen) atoms. The zero-order valence-electron chi connectivity index (χ0n) is 11.5. The lowest BCUT2D eigenvalue weighted by atomic mass is 10.0. The van der Waals surface area contributed by atoms with Gasteiger partial charge in [-0.25, -0.2) is 4.98 Å². The molecule has 4 nitrogen and oxygen atoms in total. The second-order valence-electron chi connectivity index (χ2n) is 5.41. The van der Waals surface area contributed by atoms with Crippen molar-refractivity contribution in [2.75, 3.05) is 6.54 Å². The first-order valence-electron chi connectivity index (χ1n) is 7.16. The minimum Gasteiger partial charge on any atom is -0.351 e. The van der Waals surface area contributed by atoms with E-state index < -0.39 is 0 Å². The Balaban J connectivity index is 1.68. The molecule has 1 amide bonds. The molecular formula is C14H23N3OS. The molecule has 1 atom stereocenters. The first-order chi connectivity index (χ1) is 9.16. The van der Waals surface area contributed by atoms with Gasteiger partial charge in [0, 0.05) is 11.9 Å². The van der Waals surface area contributed by atoms with E-state index in [2.05, 4.69) is 10.3 Å². The lowest BCUT2D eigenvalue weighted by Gasteiger charge is -2.08. The third-order valence-corrected chi connectivity index (χ3v) is 4.74. The third kappa shape index (κ3) is 4.28. The van der Waals surface area contributed by atoms with Crippen molar-refractivity contribution >= 4 is 17.2 Å². The smallest absolute Gasteiger partial charge is 0.270 e. The number of nitrogens with one attached hydrogen (secondary N) is 1. The first-order valence-corrected chi connectivity index (χ1v) is 8.04. The van der Waals surface area contributed by atoms with Gasteiger partial charge < -0.3 is 11.1 Å². The number of nitrogens with zero attached hydrogens (tertiary/aromatic N) is 1. The normalized spacial score (nSPS) is 17.6. The van der Waals surface area contributed by atoms with Crippen molar-refractivity contribution in [2.24, 2.45) is 11.7 Å². The molecule has 1 aliphatic carbocycles. The molecular weight excluding hydrogens is 258 g/mol. The quantitative estimate of drug-likeness (QED) is 0.788. The van der Waals surface area contributed by atoms with E-state index in [1.807, 2.05) is 6.92 Å². The molecule has 0 saturated heterocycles. The molecule has 106 valence electrons. The molecule has 3 N–H and O–H groups in total. The summed E-state index contributed by atoms with van der Waals surface area (Å²) in [6, 6.07) is -0.103. The number of rotatable bonds is 6. The Bertz CT molecular complexity index is 411. The molecule has 5 heteroatoms.